The molecule has 0 aromatic heterocycles. The van der Waals surface area contributed by atoms with Gasteiger partial charge in [-0.2, -0.15) is 0 Å². The molecule has 6 rings (SSSR count). The summed E-state index contributed by atoms with van der Waals surface area (Å²) in [4.78, 5) is 79.7. The molecule has 0 bridgehead atoms. The van der Waals surface area contributed by atoms with Gasteiger partial charge in [0.05, 0.1) is 30.8 Å². The van der Waals surface area contributed by atoms with Crippen molar-refractivity contribution in [3.63, 3.8) is 0 Å². The zero-order valence-electron chi connectivity index (χ0n) is 37.3. The molecule has 2 N–H and O–H groups in total. The van der Waals surface area contributed by atoms with Crippen LogP contribution in [0.4, 0.5) is 11.4 Å². The molecule has 0 radical (unpaired) electrons. The van der Waals surface area contributed by atoms with Crippen LogP contribution >= 0.6 is 11.8 Å². The van der Waals surface area contributed by atoms with Crippen LogP contribution in [0.1, 0.15) is 100 Å². The van der Waals surface area contributed by atoms with E-state index in [2.05, 4.69) is 10.6 Å². The Bertz CT molecular complexity index is 2350. The molecule has 340 valence electrons. The van der Waals surface area contributed by atoms with Crippen LogP contribution in [0.2, 0.25) is 0 Å². The van der Waals surface area contributed by atoms with E-state index in [-0.39, 0.29) is 55.9 Å². The Kier molecular flexibility index (Phi) is 16.4. The summed E-state index contributed by atoms with van der Waals surface area (Å²) in [5.41, 5.74) is 3.70. The lowest BCUT2D eigenvalue weighted by Crippen LogP contribution is -2.29. The number of rotatable bonds is 20. The van der Waals surface area contributed by atoms with Crippen molar-refractivity contribution >= 4 is 58.9 Å². The zero-order chi connectivity index (χ0) is 46.6. The minimum Gasteiger partial charge on any atom is -0.352 e. The van der Waals surface area contributed by atoms with Gasteiger partial charge in [0.2, 0.25) is 23.6 Å². The molecule has 14 nitrogen and oxygen atoms in total. The molecule has 2 aliphatic heterocycles. The highest BCUT2D eigenvalue weighted by atomic mass is 32.2. The third-order valence-corrected chi connectivity index (χ3v) is 12.7. The molecule has 4 aromatic rings. The molecule has 0 saturated carbocycles. The summed E-state index contributed by atoms with van der Waals surface area (Å²) in [7, 11) is 0. The third-order valence-electron chi connectivity index (χ3n) is 11.6. The number of hydrogen-bond acceptors (Lipinski definition) is 9. The highest BCUT2D eigenvalue weighted by Gasteiger charge is 2.31. The fourth-order valence-electron chi connectivity index (χ4n) is 8.41. The number of nitro benzene ring substituents is 2. The number of amides is 4. The summed E-state index contributed by atoms with van der Waals surface area (Å²) in [6, 6.07) is 21.2. The molecule has 2 heterocycles. The van der Waals surface area contributed by atoms with E-state index in [1.165, 1.54) is 12.2 Å². The van der Waals surface area contributed by atoms with Crippen LogP contribution in [0.5, 0.6) is 0 Å². The van der Waals surface area contributed by atoms with E-state index in [4.69, 9.17) is 0 Å². The lowest BCUT2D eigenvalue weighted by Gasteiger charge is -2.18. The van der Waals surface area contributed by atoms with Crippen molar-refractivity contribution in [3.05, 3.63) is 127 Å². The molecular formula is C50H56N6O8S. The average Bonchev–Trinajstić information content (AvgIpc) is 3.90. The van der Waals surface area contributed by atoms with Crippen molar-refractivity contribution in [2.45, 2.75) is 87.8 Å². The van der Waals surface area contributed by atoms with Crippen molar-refractivity contribution in [2.24, 2.45) is 0 Å². The Morgan fingerprint density at radius 1 is 0.646 bits per heavy atom. The smallest absolute Gasteiger partial charge is 0.291 e. The topological polar surface area (TPSA) is 185 Å². The Labute approximate surface area is 383 Å². The molecule has 2 aliphatic rings. The Morgan fingerprint density at radius 3 is 1.40 bits per heavy atom. The SMILES string of the molecule is CC(C)c1ccccc1-c1c(/C=C/C(=O)NCCCN2CCCC2=O)ccc(Sc2ccc(/C=C/C(=O)NCCCN3CCCC3=O)c(-c3ccccc3C(C)C)c2[N+](=O)[O-])c1[N+](=O)[O-]. The van der Waals surface area contributed by atoms with Gasteiger partial charge in [0.1, 0.15) is 0 Å². The third kappa shape index (κ3) is 11.9. The lowest BCUT2D eigenvalue weighted by atomic mass is 9.89. The van der Waals surface area contributed by atoms with Crippen LogP contribution in [0.15, 0.2) is 94.7 Å². The Morgan fingerprint density at radius 2 is 1.05 bits per heavy atom. The molecule has 0 unspecified atom stereocenters. The van der Waals surface area contributed by atoms with Gasteiger partial charge in [0.25, 0.3) is 11.4 Å². The van der Waals surface area contributed by atoms with Crippen LogP contribution in [-0.4, -0.2) is 82.5 Å². The number of nitrogens with zero attached hydrogens (tertiary/aromatic N) is 4. The monoisotopic (exact) mass is 900 g/mol. The second kappa shape index (κ2) is 22.3. The first-order valence-electron chi connectivity index (χ1n) is 22.2. The number of nitrogens with one attached hydrogen (secondary N) is 2. The predicted molar refractivity (Wildman–Crippen MR) is 254 cm³/mol. The van der Waals surface area contributed by atoms with E-state index in [1.54, 1.807) is 70.5 Å². The lowest BCUT2D eigenvalue weighted by molar-refractivity contribution is -0.387. The summed E-state index contributed by atoms with van der Waals surface area (Å²) in [6.45, 7) is 11.2. The summed E-state index contributed by atoms with van der Waals surface area (Å²) in [5, 5.41) is 32.4. The summed E-state index contributed by atoms with van der Waals surface area (Å²) >= 11 is 0.912. The van der Waals surface area contributed by atoms with Crippen molar-refractivity contribution in [3.8, 4) is 22.3 Å². The molecule has 0 aliphatic carbocycles. The van der Waals surface area contributed by atoms with Crippen LogP contribution in [0.25, 0.3) is 34.4 Å². The zero-order valence-corrected chi connectivity index (χ0v) is 38.2. The summed E-state index contributed by atoms with van der Waals surface area (Å²) in [5.74, 6) is -0.615. The highest BCUT2D eigenvalue weighted by molar-refractivity contribution is 7.99. The maximum atomic E-state index is 13.4. The first-order chi connectivity index (χ1) is 31.2. The first-order valence-corrected chi connectivity index (χ1v) is 23.0. The minimum atomic E-state index is -0.481. The van der Waals surface area contributed by atoms with Crippen molar-refractivity contribution in [2.75, 3.05) is 39.3 Å². The summed E-state index contributed by atoms with van der Waals surface area (Å²) < 4.78 is 0. The molecule has 4 aromatic carbocycles. The number of carbonyl (C=O) groups is 4. The second-order valence-corrected chi connectivity index (χ2v) is 17.9. The standard InChI is InChI=1S/C50H56N6O8S/c1-33(2)37-13-5-7-15-39(37)47-35(21-25-43(57)51-27-11-31-53-29-9-17-45(53)59)19-23-41(49(47)55(61)62)65-42-24-20-36(22-26-44(58)52-28-12-32-54-30-10-18-46(54)60)48(50(42)56(63)64)40-16-8-6-14-38(40)34(3)4/h5-8,13-16,19-26,33-34H,9-12,17-18,27-32H2,1-4H3,(H,51,57)(H,52,58)/b25-21+,26-22+. The largest absolute Gasteiger partial charge is 0.352 e. The van der Waals surface area contributed by atoms with Crippen LogP contribution in [-0.2, 0) is 19.2 Å². The van der Waals surface area contributed by atoms with Crippen LogP contribution in [0, 0.1) is 20.2 Å². The molecule has 65 heavy (non-hydrogen) atoms. The molecule has 0 spiro atoms. The van der Waals surface area contributed by atoms with E-state index >= 15 is 0 Å². The summed E-state index contributed by atoms with van der Waals surface area (Å²) in [6.07, 6.45) is 9.69. The van der Waals surface area contributed by atoms with E-state index in [0.29, 0.717) is 74.1 Å². The number of benzene rings is 4. The number of nitro groups is 2. The van der Waals surface area contributed by atoms with Gasteiger partial charge in [-0.1, -0.05) is 100 Å². The van der Waals surface area contributed by atoms with E-state index in [1.807, 2.05) is 52.0 Å². The first kappa shape index (κ1) is 47.9. The van der Waals surface area contributed by atoms with Gasteiger partial charge in [-0.15, -0.1) is 0 Å². The number of carbonyl (C=O) groups excluding carboxylic acids is 4. The van der Waals surface area contributed by atoms with E-state index < -0.39 is 21.7 Å². The maximum Gasteiger partial charge on any atom is 0.291 e. The van der Waals surface area contributed by atoms with E-state index in [9.17, 15) is 39.4 Å². The maximum absolute atomic E-state index is 13.4. The van der Waals surface area contributed by atoms with Gasteiger partial charge in [-0.3, -0.25) is 39.4 Å². The molecule has 0 atom stereocenters. The highest BCUT2D eigenvalue weighted by Crippen LogP contribution is 2.50. The predicted octanol–water partition coefficient (Wildman–Crippen LogP) is 9.52. The quantitative estimate of drug-likeness (QED) is 0.0377. The van der Waals surface area contributed by atoms with Crippen LogP contribution < -0.4 is 10.6 Å². The minimum absolute atomic E-state index is 0.0299. The number of hydrogen-bond donors (Lipinski definition) is 2. The van der Waals surface area contributed by atoms with Gasteiger partial charge in [-0.05, 0) is 95.2 Å². The van der Waals surface area contributed by atoms with Gasteiger partial charge < -0.3 is 20.4 Å². The van der Waals surface area contributed by atoms with Crippen molar-refractivity contribution in [1.82, 2.24) is 20.4 Å². The number of likely N-dealkylation sites (tertiary alicyclic amines) is 2. The molecule has 2 fully saturated rings. The van der Waals surface area contributed by atoms with Crippen LogP contribution in [0.3, 0.4) is 0 Å². The molecule has 15 heteroatoms. The van der Waals surface area contributed by atoms with Gasteiger partial charge in [0.15, 0.2) is 0 Å². The molecule has 4 amide bonds. The van der Waals surface area contributed by atoms with Gasteiger partial charge in [-0.25, -0.2) is 0 Å². The van der Waals surface area contributed by atoms with Crippen molar-refractivity contribution < 1.29 is 29.0 Å². The molecular weight excluding hydrogens is 845 g/mol. The van der Waals surface area contributed by atoms with E-state index in [0.717, 1.165) is 48.8 Å². The van der Waals surface area contributed by atoms with Gasteiger partial charge >= 0.3 is 0 Å². The fraction of sp³-hybridized carbons (Fsp3) is 0.360. The van der Waals surface area contributed by atoms with Gasteiger partial charge in [0, 0.05) is 64.3 Å². The Hall–Kier alpha value is -6.61. The second-order valence-electron chi connectivity index (χ2n) is 16.8. The Balaban J connectivity index is 1.38. The van der Waals surface area contributed by atoms with Crippen molar-refractivity contribution in [1.29, 1.82) is 0 Å². The molecule has 2 saturated heterocycles. The normalized spacial score (nSPS) is 14.1. The fourth-order valence-corrected chi connectivity index (χ4v) is 9.47. The average molecular weight is 901 g/mol.